The SMILES string of the molecule is COC[C@H](C)NC(=O)c1cc(-c2csc(C(=O)NCc3ccccc3)c2)cn2nc(N)nc12. The summed E-state index contributed by atoms with van der Waals surface area (Å²) >= 11 is 1.33. The molecule has 0 unspecified atom stereocenters. The van der Waals surface area contributed by atoms with Crippen LogP contribution in [0.1, 0.15) is 32.5 Å². The van der Waals surface area contributed by atoms with E-state index in [2.05, 4.69) is 20.7 Å². The van der Waals surface area contributed by atoms with Crippen LogP contribution in [-0.4, -0.2) is 46.2 Å². The minimum atomic E-state index is -0.310. The number of thiophene rings is 1. The van der Waals surface area contributed by atoms with Gasteiger partial charge in [-0.2, -0.15) is 4.98 Å². The van der Waals surface area contributed by atoms with Gasteiger partial charge in [0.05, 0.1) is 17.0 Å². The first-order valence-corrected chi connectivity index (χ1v) is 11.2. The molecule has 0 aliphatic rings. The molecule has 0 aliphatic heterocycles. The highest BCUT2D eigenvalue weighted by atomic mass is 32.1. The van der Waals surface area contributed by atoms with Gasteiger partial charge in [0.1, 0.15) is 0 Å². The number of methoxy groups -OCH3 is 1. The van der Waals surface area contributed by atoms with Crippen LogP contribution in [0.4, 0.5) is 5.95 Å². The largest absolute Gasteiger partial charge is 0.383 e. The van der Waals surface area contributed by atoms with Crippen LogP contribution in [0.2, 0.25) is 0 Å². The molecule has 4 N–H and O–H groups in total. The number of anilines is 1. The summed E-state index contributed by atoms with van der Waals surface area (Å²) in [5.74, 6) is -0.403. The van der Waals surface area contributed by atoms with Gasteiger partial charge in [0.25, 0.3) is 11.8 Å². The molecule has 0 saturated heterocycles. The normalized spacial score (nSPS) is 11.9. The van der Waals surface area contributed by atoms with Gasteiger partial charge in [0.2, 0.25) is 5.95 Å². The summed E-state index contributed by atoms with van der Waals surface area (Å²) in [7, 11) is 1.57. The third kappa shape index (κ3) is 5.18. The van der Waals surface area contributed by atoms with E-state index in [1.54, 1.807) is 25.4 Å². The fourth-order valence-corrected chi connectivity index (χ4v) is 4.22. The van der Waals surface area contributed by atoms with Gasteiger partial charge in [0, 0.05) is 31.5 Å². The summed E-state index contributed by atoms with van der Waals surface area (Å²) in [4.78, 5) is 30.3. The van der Waals surface area contributed by atoms with Crippen molar-refractivity contribution in [3.63, 3.8) is 0 Å². The van der Waals surface area contributed by atoms with Crippen LogP contribution in [0.25, 0.3) is 16.8 Å². The smallest absolute Gasteiger partial charge is 0.261 e. The van der Waals surface area contributed by atoms with Crippen molar-refractivity contribution in [1.82, 2.24) is 25.2 Å². The summed E-state index contributed by atoms with van der Waals surface area (Å²) in [5.41, 5.74) is 9.00. The van der Waals surface area contributed by atoms with Crippen LogP contribution in [0.5, 0.6) is 0 Å². The van der Waals surface area contributed by atoms with Crippen molar-refractivity contribution >= 4 is 34.7 Å². The van der Waals surface area contributed by atoms with Gasteiger partial charge in [0.15, 0.2) is 5.65 Å². The molecule has 3 aromatic heterocycles. The number of fused-ring (bicyclic) bond motifs is 1. The molecule has 0 bridgehead atoms. The number of carbonyl (C=O) groups excluding carboxylic acids is 2. The molecule has 0 radical (unpaired) electrons. The van der Waals surface area contributed by atoms with E-state index < -0.39 is 0 Å². The van der Waals surface area contributed by atoms with Crippen LogP contribution in [-0.2, 0) is 11.3 Å². The number of pyridine rings is 1. The maximum absolute atomic E-state index is 12.9. The zero-order valence-electron chi connectivity index (χ0n) is 18.2. The standard InChI is InChI=1S/C23H24N6O3S/c1-14(12-32-2)26-21(30)18-8-16(11-29-20(18)27-23(24)28-29)17-9-19(33-13-17)22(31)25-10-15-6-4-3-5-7-15/h3-9,11,13-14H,10,12H2,1-2H3,(H2,24,28)(H,25,31)(H,26,30)/t14-/m0/s1. The van der Waals surface area contributed by atoms with Crippen LogP contribution < -0.4 is 16.4 Å². The molecule has 0 saturated carbocycles. The lowest BCUT2D eigenvalue weighted by Crippen LogP contribution is -2.35. The van der Waals surface area contributed by atoms with Crippen molar-refractivity contribution in [2.24, 2.45) is 0 Å². The maximum Gasteiger partial charge on any atom is 0.261 e. The molecule has 0 fully saturated rings. The number of nitrogens with zero attached hydrogens (tertiary/aromatic N) is 3. The van der Waals surface area contributed by atoms with E-state index in [-0.39, 0.29) is 23.8 Å². The molecule has 10 heteroatoms. The number of nitrogens with two attached hydrogens (primary N) is 1. The Bertz CT molecular complexity index is 1280. The van der Waals surface area contributed by atoms with E-state index in [9.17, 15) is 9.59 Å². The molecular weight excluding hydrogens is 440 g/mol. The molecule has 1 atom stereocenters. The fourth-order valence-electron chi connectivity index (χ4n) is 3.39. The second kappa shape index (κ2) is 9.80. The lowest BCUT2D eigenvalue weighted by molar-refractivity contribution is 0.0905. The molecule has 0 aliphatic carbocycles. The molecular formula is C23H24N6O3S. The number of carbonyl (C=O) groups is 2. The van der Waals surface area contributed by atoms with Crippen molar-refractivity contribution < 1.29 is 14.3 Å². The van der Waals surface area contributed by atoms with E-state index in [0.29, 0.717) is 29.2 Å². The zero-order valence-corrected chi connectivity index (χ0v) is 19.1. The summed E-state index contributed by atoms with van der Waals surface area (Å²) in [6.45, 7) is 2.67. The first-order chi connectivity index (χ1) is 15.9. The molecule has 2 amide bonds. The molecule has 170 valence electrons. The van der Waals surface area contributed by atoms with Crippen molar-refractivity contribution in [2.45, 2.75) is 19.5 Å². The van der Waals surface area contributed by atoms with Crippen molar-refractivity contribution in [3.8, 4) is 11.1 Å². The molecule has 33 heavy (non-hydrogen) atoms. The Labute approximate surface area is 194 Å². The number of ether oxygens (including phenoxy) is 1. The topological polar surface area (TPSA) is 124 Å². The first kappa shape index (κ1) is 22.4. The second-order valence-electron chi connectivity index (χ2n) is 7.58. The van der Waals surface area contributed by atoms with Gasteiger partial charge in [-0.25, -0.2) is 4.52 Å². The van der Waals surface area contributed by atoms with Crippen molar-refractivity contribution in [1.29, 1.82) is 0 Å². The van der Waals surface area contributed by atoms with E-state index >= 15 is 0 Å². The zero-order chi connectivity index (χ0) is 23.4. The van der Waals surface area contributed by atoms with Crippen LogP contribution in [0, 0.1) is 0 Å². The first-order valence-electron chi connectivity index (χ1n) is 10.3. The highest BCUT2D eigenvalue weighted by Gasteiger charge is 2.19. The lowest BCUT2D eigenvalue weighted by Gasteiger charge is -2.13. The second-order valence-corrected chi connectivity index (χ2v) is 8.49. The third-order valence-corrected chi connectivity index (χ3v) is 5.87. The van der Waals surface area contributed by atoms with Gasteiger partial charge < -0.3 is 21.1 Å². The Morgan fingerprint density at radius 3 is 2.73 bits per heavy atom. The van der Waals surface area contributed by atoms with Gasteiger partial charge in [-0.05, 0) is 35.6 Å². The monoisotopic (exact) mass is 464 g/mol. The van der Waals surface area contributed by atoms with E-state index in [1.165, 1.54) is 15.9 Å². The Balaban J connectivity index is 1.59. The van der Waals surface area contributed by atoms with Gasteiger partial charge in [-0.1, -0.05) is 30.3 Å². The number of hydrogen-bond acceptors (Lipinski definition) is 7. The van der Waals surface area contributed by atoms with E-state index in [1.807, 2.05) is 42.6 Å². The van der Waals surface area contributed by atoms with Crippen LogP contribution >= 0.6 is 11.3 Å². The average Bonchev–Trinajstić information content (AvgIpc) is 3.43. The minimum Gasteiger partial charge on any atom is -0.383 e. The number of hydrogen-bond donors (Lipinski definition) is 3. The number of amides is 2. The summed E-state index contributed by atoms with van der Waals surface area (Å²) < 4.78 is 6.57. The molecule has 4 rings (SSSR count). The average molecular weight is 465 g/mol. The molecule has 4 aromatic rings. The van der Waals surface area contributed by atoms with Crippen molar-refractivity contribution in [3.05, 3.63) is 70.0 Å². The van der Waals surface area contributed by atoms with E-state index in [4.69, 9.17) is 10.5 Å². The summed E-state index contributed by atoms with van der Waals surface area (Å²) in [6, 6.07) is 13.0. The van der Waals surface area contributed by atoms with Crippen LogP contribution in [0.15, 0.2) is 54.0 Å². The Morgan fingerprint density at radius 1 is 1.18 bits per heavy atom. The fraction of sp³-hybridized carbons (Fsp3) is 0.217. The van der Waals surface area contributed by atoms with Gasteiger partial charge >= 0.3 is 0 Å². The lowest BCUT2D eigenvalue weighted by atomic mass is 10.1. The number of nitrogens with one attached hydrogen (secondary N) is 2. The molecule has 0 spiro atoms. The highest BCUT2D eigenvalue weighted by Crippen LogP contribution is 2.28. The number of nitrogen functional groups attached to an aromatic ring is 1. The molecule has 3 heterocycles. The van der Waals surface area contributed by atoms with Crippen LogP contribution in [0.3, 0.4) is 0 Å². The Hall–Kier alpha value is -3.76. The number of rotatable bonds is 8. The number of aromatic nitrogens is 3. The maximum atomic E-state index is 12.9. The summed E-state index contributed by atoms with van der Waals surface area (Å²) in [5, 5.41) is 11.8. The van der Waals surface area contributed by atoms with Crippen molar-refractivity contribution in [2.75, 3.05) is 19.5 Å². The Kier molecular flexibility index (Phi) is 6.66. The predicted octanol–water partition coefficient (Wildman–Crippen LogP) is 2.73. The quantitative estimate of drug-likeness (QED) is 0.368. The molecule has 1 aromatic carbocycles. The van der Waals surface area contributed by atoms with Gasteiger partial charge in [-0.3, -0.25) is 9.59 Å². The van der Waals surface area contributed by atoms with E-state index in [0.717, 1.165) is 16.7 Å². The highest BCUT2D eigenvalue weighted by molar-refractivity contribution is 7.12. The molecule has 9 nitrogen and oxygen atoms in total. The Morgan fingerprint density at radius 2 is 1.97 bits per heavy atom. The minimum absolute atomic E-state index is 0.0671. The summed E-state index contributed by atoms with van der Waals surface area (Å²) in [6.07, 6.45) is 1.74. The predicted molar refractivity (Wildman–Crippen MR) is 127 cm³/mol. The number of benzene rings is 1. The van der Waals surface area contributed by atoms with Gasteiger partial charge in [-0.15, -0.1) is 16.4 Å². The third-order valence-electron chi connectivity index (χ3n) is 4.94.